The van der Waals surface area contributed by atoms with Crippen molar-refractivity contribution >= 4 is 32.6 Å². The van der Waals surface area contributed by atoms with Gasteiger partial charge in [0.2, 0.25) is 5.91 Å². The summed E-state index contributed by atoms with van der Waals surface area (Å²) in [5.41, 5.74) is 3.47. The molecule has 1 fully saturated rings. The number of carbonyl (C=O) groups excluding carboxylic acids is 1. The third kappa shape index (κ3) is 3.73. The number of rotatable bonds is 4. The Morgan fingerprint density at radius 3 is 2.73 bits per heavy atom. The lowest BCUT2D eigenvalue weighted by molar-refractivity contribution is -0.125. The number of fused-ring (bicyclic) bond motifs is 1. The Hall–Kier alpha value is -2.40. The summed E-state index contributed by atoms with van der Waals surface area (Å²) in [5.74, 6) is 0.278. The fourth-order valence-corrected chi connectivity index (χ4v) is 4.53. The molecule has 134 valence electrons. The van der Waals surface area contributed by atoms with Crippen molar-refractivity contribution in [2.24, 2.45) is 5.92 Å². The van der Waals surface area contributed by atoms with Crippen LogP contribution < -0.4 is 10.2 Å². The SMILES string of the molecule is Cc1ccc2nc(N3CCC(C(=O)NCc4ccccc4)CC3)sc2c1. The number of hydrogen-bond acceptors (Lipinski definition) is 4. The van der Waals surface area contributed by atoms with E-state index >= 15 is 0 Å². The summed E-state index contributed by atoms with van der Waals surface area (Å²) in [6.45, 7) is 4.50. The standard InChI is InChI=1S/C21H23N3OS/c1-15-7-8-18-19(13-15)26-21(23-18)24-11-9-17(10-12-24)20(25)22-14-16-5-3-2-4-6-16/h2-8,13,17H,9-12,14H2,1H3,(H,22,25). The minimum Gasteiger partial charge on any atom is -0.352 e. The van der Waals surface area contributed by atoms with Crippen molar-refractivity contribution in [1.82, 2.24) is 10.3 Å². The van der Waals surface area contributed by atoms with E-state index in [1.54, 1.807) is 11.3 Å². The van der Waals surface area contributed by atoms with Crippen molar-refractivity contribution in [3.8, 4) is 0 Å². The summed E-state index contributed by atoms with van der Waals surface area (Å²) in [7, 11) is 0. The average Bonchev–Trinajstić information content (AvgIpc) is 3.10. The van der Waals surface area contributed by atoms with Crippen LogP contribution in [0.25, 0.3) is 10.2 Å². The number of carbonyl (C=O) groups is 1. The number of hydrogen-bond donors (Lipinski definition) is 1. The Labute approximate surface area is 157 Å². The molecule has 2 heterocycles. The molecule has 0 atom stereocenters. The van der Waals surface area contributed by atoms with Gasteiger partial charge < -0.3 is 10.2 Å². The molecule has 26 heavy (non-hydrogen) atoms. The van der Waals surface area contributed by atoms with Crippen LogP contribution in [-0.4, -0.2) is 24.0 Å². The van der Waals surface area contributed by atoms with E-state index in [2.05, 4.69) is 35.3 Å². The van der Waals surface area contributed by atoms with Gasteiger partial charge in [-0.3, -0.25) is 4.79 Å². The van der Waals surface area contributed by atoms with Gasteiger partial charge in [0.25, 0.3) is 0 Å². The number of anilines is 1. The predicted molar refractivity (Wildman–Crippen MR) is 108 cm³/mol. The summed E-state index contributed by atoms with van der Waals surface area (Å²) < 4.78 is 1.24. The number of piperidine rings is 1. The summed E-state index contributed by atoms with van der Waals surface area (Å²) in [6, 6.07) is 16.5. The van der Waals surface area contributed by atoms with Crippen molar-refractivity contribution in [2.75, 3.05) is 18.0 Å². The third-order valence-corrected chi connectivity index (χ3v) is 6.06. The first kappa shape index (κ1) is 17.0. The van der Waals surface area contributed by atoms with Gasteiger partial charge in [-0.2, -0.15) is 0 Å². The second kappa shape index (κ2) is 7.46. The van der Waals surface area contributed by atoms with Crippen LogP contribution in [0.2, 0.25) is 0 Å². The largest absolute Gasteiger partial charge is 0.352 e. The molecule has 1 aliphatic heterocycles. The van der Waals surface area contributed by atoms with E-state index in [0.29, 0.717) is 6.54 Å². The molecule has 1 N–H and O–H groups in total. The van der Waals surface area contributed by atoms with Crippen molar-refractivity contribution in [1.29, 1.82) is 0 Å². The second-order valence-electron chi connectivity index (χ2n) is 6.93. The maximum atomic E-state index is 12.5. The minimum atomic E-state index is 0.103. The molecule has 4 nitrogen and oxygen atoms in total. The fraction of sp³-hybridized carbons (Fsp3) is 0.333. The van der Waals surface area contributed by atoms with E-state index in [1.165, 1.54) is 10.3 Å². The Morgan fingerprint density at radius 2 is 1.96 bits per heavy atom. The fourth-order valence-electron chi connectivity index (χ4n) is 3.42. The normalized spacial score (nSPS) is 15.3. The molecule has 1 amide bonds. The van der Waals surface area contributed by atoms with Crippen LogP contribution in [0.4, 0.5) is 5.13 Å². The molecule has 0 saturated carbocycles. The van der Waals surface area contributed by atoms with E-state index < -0.39 is 0 Å². The monoisotopic (exact) mass is 365 g/mol. The molecule has 1 aromatic heterocycles. The number of aryl methyl sites for hydroxylation is 1. The molecular weight excluding hydrogens is 342 g/mol. The van der Waals surface area contributed by atoms with E-state index in [4.69, 9.17) is 4.98 Å². The topological polar surface area (TPSA) is 45.2 Å². The van der Waals surface area contributed by atoms with Crippen LogP contribution in [-0.2, 0) is 11.3 Å². The number of thiazole rings is 1. The highest BCUT2D eigenvalue weighted by Gasteiger charge is 2.26. The van der Waals surface area contributed by atoms with Crippen LogP contribution in [0.15, 0.2) is 48.5 Å². The van der Waals surface area contributed by atoms with E-state index in [-0.39, 0.29) is 11.8 Å². The molecule has 1 saturated heterocycles. The molecule has 0 spiro atoms. The average molecular weight is 366 g/mol. The predicted octanol–water partition coefficient (Wildman–Crippen LogP) is 4.14. The lowest BCUT2D eigenvalue weighted by Crippen LogP contribution is -2.40. The number of amides is 1. The maximum Gasteiger partial charge on any atom is 0.223 e. The highest BCUT2D eigenvalue weighted by atomic mass is 32.1. The molecule has 0 radical (unpaired) electrons. The number of nitrogens with one attached hydrogen (secondary N) is 1. The lowest BCUT2D eigenvalue weighted by atomic mass is 9.96. The first-order valence-corrected chi connectivity index (χ1v) is 9.94. The first-order chi connectivity index (χ1) is 12.7. The highest BCUT2D eigenvalue weighted by Crippen LogP contribution is 2.32. The van der Waals surface area contributed by atoms with Crippen molar-refractivity contribution in [3.05, 3.63) is 59.7 Å². The van der Waals surface area contributed by atoms with Crippen LogP contribution >= 0.6 is 11.3 Å². The van der Waals surface area contributed by atoms with Gasteiger partial charge in [-0.05, 0) is 43.0 Å². The Kier molecular flexibility index (Phi) is 4.89. The van der Waals surface area contributed by atoms with Gasteiger partial charge in [0.1, 0.15) is 0 Å². The molecule has 2 aromatic carbocycles. The summed E-state index contributed by atoms with van der Waals surface area (Å²) in [4.78, 5) is 19.5. The van der Waals surface area contributed by atoms with Gasteiger partial charge in [0, 0.05) is 25.6 Å². The number of aromatic nitrogens is 1. The zero-order valence-corrected chi connectivity index (χ0v) is 15.8. The molecule has 0 unspecified atom stereocenters. The summed E-state index contributed by atoms with van der Waals surface area (Å²) in [6.07, 6.45) is 1.77. The van der Waals surface area contributed by atoms with E-state index in [0.717, 1.165) is 42.1 Å². The Morgan fingerprint density at radius 1 is 1.19 bits per heavy atom. The van der Waals surface area contributed by atoms with Crippen LogP contribution in [0.1, 0.15) is 24.0 Å². The third-order valence-electron chi connectivity index (χ3n) is 4.98. The smallest absolute Gasteiger partial charge is 0.223 e. The number of benzene rings is 2. The molecule has 1 aliphatic rings. The highest BCUT2D eigenvalue weighted by molar-refractivity contribution is 7.22. The maximum absolute atomic E-state index is 12.5. The van der Waals surface area contributed by atoms with Crippen LogP contribution in [0.5, 0.6) is 0 Å². The summed E-state index contributed by atoms with van der Waals surface area (Å²) in [5, 5.41) is 4.16. The van der Waals surface area contributed by atoms with Gasteiger partial charge in [0.15, 0.2) is 5.13 Å². The Balaban J connectivity index is 1.33. The van der Waals surface area contributed by atoms with Crippen molar-refractivity contribution < 1.29 is 4.79 Å². The van der Waals surface area contributed by atoms with Gasteiger partial charge in [-0.1, -0.05) is 47.7 Å². The molecule has 5 heteroatoms. The molecule has 4 rings (SSSR count). The zero-order valence-electron chi connectivity index (χ0n) is 14.9. The van der Waals surface area contributed by atoms with Crippen molar-refractivity contribution in [2.45, 2.75) is 26.3 Å². The van der Waals surface area contributed by atoms with Gasteiger partial charge in [-0.15, -0.1) is 0 Å². The molecule has 0 aliphatic carbocycles. The molecular formula is C21H23N3OS. The summed E-state index contributed by atoms with van der Waals surface area (Å²) >= 11 is 1.75. The minimum absolute atomic E-state index is 0.103. The second-order valence-corrected chi connectivity index (χ2v) is 7.94. The van der Waals surface area contributed by atoms with E-state index in [9.17, 15) is 4.79 Å². The van der Waals surface area contributed by atoms with Gasteiger partial charge >= 0.3 is 0 Å². The first-order valence-electron chi connectivity index (χ1n) is 9.13. The molecule has 0 bridgehead atoms. The van der Waals surface area contributed by atoms with Crippen molar-refractivity contribution in [3.63, 3.8) is 0 Å². The van der Waals surface area contributed by atoms with Crippen LogP contribution in [0.3, 0.4) is 0 Å². The number of nitrogens with zero attached hydrogens (tertiary/aromatic N) is 2. The molecule has 3 aromatic rings. The Bertz CT molecular complexity index is 898. The van der Waals surface area contributed by atoms with E-state index in [1.807, 2.05) is 30.3 Å². The lowest BCUT2D eigenvalue weighted by Gasteiger charge is -2.31. The van der Waals surface area contributed by atoms with Gasteiger partial charge in [0.05, 0.1) is 10.2 Å². The van der Waals surface area contributed by atoms with Crippen LogP contribution in [0, 0.1) is 12.8 Å². The zero-order chi connectivity index (χ0) is 17.9. The van der Waals surface area contributed by atoms with Gasteiger partial charge in [-0.25, -0.2) is 4.98 Å². The quantitative estimate of drug-likeness (QED) is 0.756.